The van der Waals surface area contributed by atoms with Crippen molar-refractivity contribution in [3.05, 3.63) is 49.1 Å². The molecule has 2 rings (SSSR count). The lowest BCUT2D eigenvalue weighted by Crippen LogP contribution is -2.45. The lowest BCUT2D eigenvalue weighted by Gasteiger charge is -2.44. The van der Waals surface area contributed by atoms with Crippen molar-refractivity contribution in [2.75, 3.05) is 0 Å². The first-order valence-electron chi connectivity index (χ1n) is 12.7. The summed E-state index contributed by atoms with van der Waals surface area (Å²) in [6.45, 7) is 11.6. The van der Waals surface area contributed by atoms with Gasteiger partial charge in [-0.15, -0.1) is 13.2 Å². The minimum absolute atomic E-state index is 0.00411. The van der Waals surface area contributed by atoms with Crippen LogP contribution in [0.5, 0.6) is 0 Å². The third-order valence-corrected chi connectivity index (χ3v) is 7.60. The fourth-order valence-corrected chi connectivity index (χ4v) is 5.59. The third-order valence-electron chi connectivity index (χ3n) is 7.60. The molecule has 7 nitrogen and oxygen atoms in total. The summed E-state index contributed by atoms with van der Waals surface area (Å²) < 4.78 is 6.15. The molecule has 0 aromatic carbocycles. The van der Waals surface area contributed by atoms with E-state index in [0.29, 0.717) is 38.5 Å². The van der Waals surface area contributed by atoms with Gasteiger partial charge in [-0.05, 0) is 55.9 Å². The van der Waals surface area contributed by atoms with Gasteiger partial charge >= 0.3 is 11.9 Å². The van der Waals surface area contributed by atoms with E-state index in [4.69, 9.17) is 9.84 Å². The van der Waals surface area contributed by atoms with Crippen LogP contribution in [0.3, 0.4) is 0 Å². The van der Waals surface area contributed by atoms with Gasteiger partial charge in [-0.25, -0.2) is 0 Å². The number of rotatable bonds is 14. The highest BCUT2D eigenvalue weighted by Crippen LogP contribution is 2.45. The van der Waals surface area contributed by atoms with Crippen LogP contribution in [0.2, 0.25) is 0 Å². The second-order valence-electron chi connectivity index (χ2n) is 10.2. The predicted molar refractivity (Wildman–Crippen MR) is 134 cm³/mol. The lowest BCUT2D eigenvalue weighted by atomic mass is 9.66. The molecule has 4 N–H and O–H groups in total. The van der Waals surface area contributed by atoms with Crippen LogP contribution in [0.15, 0.2) is 49.1 Å². The zero-order valence-corrected chi connectivity index (χ0v) is 21.0. The smallest absolute Gasteiger partial charge is 0.312 e. The number of esters is 1. The summed E-state index contributed by atoms with van der Waals surface area (Å²) >= 11 is 0. The van der Waals surface area contributed by atoms with Gasteiger partial charge in [0, 0.05) is 12.3 Å². The molecular formula is C28H42O7. The summed E-state index contributed by atoms with van der Waals surface area (Å²) in [6, 6.07) is 0. The first kappa shape index (κ1) is 29.0. The molecule has 7 atom stereocenters. The number of allylic oxidation sites excluding steroid dienone is 4. The molecule has 0 saturated carbocycles. The number of ether oxygens (including phenoxy) is 1. The lowest BCUT2D eigenvalue weighted by molar-refractivity contribution is -0.167. The molecular weight excluding hydrogens is 448 g/mol. The monoisotopic (exact) mass is 490 g/mol. The van der Waals surface area contributed by atoms with Gasteiger partial charge < -0.3 is 25.2 Å². The molecule has 0 spiro atoms. The van der Waals surface area contributed by atoms with Crippen LogP contribution in [-0.4, -0.2) is 56.8 Å². The molecule has 0 heterocycles. The van der Waals surface area contributed by atoms with E-state index in [1.165, 1.54) is 0 Å². The second-order valence-corrected chi connectivity index (χ2v) is 10.2. The van der Waals surface area contributed by atoms with Crippen molar-refractivity contribution >= 4 is 11.9 Å². The van der Waals surface area contributed by atoms with Crippen molar-refractivity contribution in [2.24, 2.45) is 23.2 Å². The number of carboxylic acids is 1. The Hall–Kier alpha value is -2.22. The molecule has 35 heavy (non-hydrogen) atoms. The molecule has 0 aromatic heterocycles. The highest BCUT2D eigenvalue weighted by atomic mass is 16.5. The number of aliphatic hydroxyl groups excluding tert-OH is 3. The van der Waals surface area contributed by atoms with Crippen molar-refractivity contribution in [3.8, 4) is 0 Å². The maximum absolute atomic E-state index is 13.4. The highest BCUT2D eigenvalue weighted by molar-refractivity contribution is 5.77. The summed E-state index contributed by atoms with van der Waals surface area (Å²) in [4.78, 5) is 24.2. The SMILES string of the molecule is C=CCC(CC)(CC=C)C(=O)OC1CC(O)C=C2C=CC(C)C(CCC(O)CC(O)CC(=O)O)C21. The van der Waals surface area contributed by atoms with E-state index >= 15 is 0 Å². The maximum atomic E-state index is 13.4. The third kappa shape index (κ3) is 7.63. The van der Waals surface area contributed by atoms with Crippen molar-refractivity contribution in [2.45, 2.75) is 89.6 Å². The van der Waals surface area contributed by atoms with Gasteiger partial charge in [0.05, 0.1) is 30.1 Å². The number of hydrogen-bond donors (Lipinski definition) is 4. The summed E-state index contributed by atoms with van der Waals surface area (Å²) in [5.74, 6) is -1.33. The zero-order chi connectivity index (χ0) is 26.2. The van der Waals surface area contributed by atoms with E-state index in [0.717, 1.165) is 5.57 Å². The molecule has 0 radical (unpaired) electrons. The minimum Gasteiger partial charge on any atom is -0.481 e. The zero-order valence-electron chi connectivity index (χ0n) is 21.0. The Morgan fingerprint density at radius 3 is 2.46 bits per heavy atom. The van der Waals surface area contributed by atoms with Gasteiger partial charge in [-0.2, -0.15) is 0 Å². The average Bonchev–Trinajstić information content (AvgIpc) is 2.77. The normalized spacial score (nSPS) is 27.8. The molecule has 0 aromatic rings. The number of aliphatic hydroxyl groups is 3. The van der Waals surface area contributed by atoms with E-state index < -0.39 is 42.2 Å². The van der Waals surface area contributed by atoms with Gasteiger partial charge in [0.15, 0.2) is 0 Å². The van der Waals surface area contributed by atoms with Crippen molar-refractivity contribution in [1.29, 1.82) is 0 Å². The van der Waals surface area contributed by atoms with Crippen LogP contribution in [0.1, 0.15) is 65.2 Å². The van der Waals surface area contributed by atoms with Crippen molar-refractivity contribution in [3.63, 3.8) is 0 Å². The summed E-state index contributed by atoms with van der Waals surface area (Å²) in [7, 11) is 0. The topological polar surface area (TPSA) is 124 Å². The molecule has 0 aliphatic heterocycles. The standard InChI is InChI=1S/C28H42O7/c1-5-12-28(7-3,13-6-2)27(34)35-24-16-21(30)14-19-9-8-18(4)23(26(19)24)11-10-20(29)15-22(31)17-25(32)33/h5-6,8-9,14,18,20-24,26,29-31H,1-2,7,10-13,15-17H2,3-4H3,(H,32,33). The molecule has 0 bridgehead atoms. The minimum atomic E-state index is -1.10. The Morgan fingerprint density at radius 2 is 1.89 bits per heavy atom. The number of carboxylic acid groups (broad SMARTS) is 1. The van der Waals surface area contributed by atoms with Crippen molar-refractivity contribution < 1.29 is 34.8 Å². The van der Waals surface area contributed by atoms with Crippen LogP contribution in [-0.2, 0) is 14.3 Å². The Bertz CT molecular complexity index is 804. The quantitative estimate of drug-likeness (QED) is 0.215. The van der Waals surface area contributed by atoms with Gasteiger partial charge in [0.1, 0.15) is 6.10 Å². The summed E-state index contributed by atoms with van der Waals surface area (Å²) in [5.41, 5.74) is 0.192. The van der Waals surface area contributed by atoms with Crippen LogP contribution >= 0.6 is 0 Å². The molecule has 196 valence electrons. The Labute approximate surface area is 208 Å². The van der Waals surface area contributed by atoms with E-state index in [-0.39, 0.29) is 30.1 Å². The first-order valence-corrected chi connectivity index (χ1v) is 12.7. The fraction of sp³-hybridized carbons (Fsp3) is 0.643. The average molecular weight is 491 g/mol. The Balaban J connectivity index is 2.21. The Kier molecular flexibility index (Phi) is 10.9. The van der Waals surface area contributed by atoms with E-state index in [2.05, 4.69) is 26.2 Å². The van der Waals surface area contributed by atoms with Gasteiger partial charge in [-0.3, -0.25) is 9.59 Å². The predicted octanol–water partition coefficient (Wildman–Crippen LogP) is 3.94. The van der Waals surface area contributed by atoms with Crippen LogP contribution < -0.4 is 0 Å². The van der Waals surface area contributed by atoms with Crippen LogP contribution in [0.4, 0.5) is 0 Å². The molecule has 7 heteroatoms. The molecule has 2 aliphatic carbocycles. The number of hydrogen-bond acceptors (Lipinski definition) is 6. The number of fused-ring (bicyclic) bond motifs is 1. The largest absolute Gasteiger partial charge is 0.481 e. The van der Waals surface area contributed by atoms with Gasteiger partial charge in [0.25, 0.3) is 0 Å². The molecule has 2 aliphatic rings. The summed E-state index contributed by atoms with van der Waals surface area (Å²) in [6.07, 6.45) is 8.59. The van der Waals surface area contributed by atoms with Crippen LogP contribution in [0.25, 0.3) is 0 Å². The van der Waals surface area contributed by atoms with Gasteiger partial charge in [0.2, 0.25) is 0 Å². The van der Waals surface area contributed by atoms with Crippen LogP contribution in [0, 0.1) is 23.2 Å². The second kappa shape index (κ2) is 13.2. The van der Waals surface area contributed by atoms with E-state index in [9.17, 15) is 24.9 Å². The Morgan fingerprint density at radius 1 is 1.23 bits per heavy atom. The van der Waals surface area contributed by atoms with Gasteiger partial charge in [-0.1, -0.05) is 44.2 Å². The number of carbonyl (C=O) groups is 2. The fourth-order valence-electron chi connectivity index (χ4n) is 5.59. The number of aliphatic carboxylic acids is 1. The van der Waals surface area contributed by atoms with Crippen molar-refractivity contribution in [1.82, 2.24) is 0 Å². The molecule has 0 amide bonds. The highest BCUT2D eigenvalue weighted by Gasteiger charge is 2.44. The molecule has 0 fully saturated rings. The summed E-state index contributed by atoms with van der Waals surface area (Å²) in [5, 5.41) is 39.6. The first-order chi connectivity index (χ1) is 16.6. The molecule has 7 unspecified atom stereocenters. The van der Waals surface area contributed by atoms with E-state index in [1.807, 2.05) is 19.1 Å². The molecule has 0 saturated heterocycles. The maximum Gasteiger partial charge on any atom is 0.312 e. The van der Waals surface area contributed by atoms with E-state index in [1.54, 1.807) is 12.2 Å². The number of carbonyl (C=O) groups excluding carboxylic acids is 1.